The second-order valence-electron chi connectivity index (χ2n) is 5.18. The van der Waals surface area contributed by atoms with E-state index in [1.807, 2.05) is 6.07 Å². The number of aromatic nitrogens is 1. The van der Waals surface area contributed by atoms with Gasteiger partial charge in [0, 0.05) is 42.2 Å². The number of hydrogen-bond donors (Lipinski definition) is 1. The van der Waals surface area contributed by atoms with E-state index in [0.717, 1.165) is 24.2 Å². The van der Waals surface area contributed by atoms with E-state index in [1.54, 1.807) is 47.6 Å². The third-order valence-electron chi connectivity index (χ3n) is 3.58. The molecule has 0 aliphatic carbocycles. The first-order chi connectivity index (χ1) is 11.2. The number of rotatable bonds is 4. The summed E-state index contributed by atoms with van der Waals surface area (Å²) >= 11 is 0. The maximum absolute atomic E-state index is 12.0. The van der Waals surface area contributed by atoms with E-state index >= 15 is 0 Å². The van der Waals surface area contributed by atoms with Gasteiger partial charge in [-0.15, -0.1) is 0 Å². The Bertz CT molecular complexity index is 726. The lowest BCUT2D eigenvalue weighted by molar-refractivity contribution is -0.117. The predicted octanol–water partition coefficient (Wildman–Crippen LogP) is 1.97. The first-order valence-electron chi connectivity index (χ1n) is 7.38. The van der Waals surface area contributed by atoms with E-state index in [0.29, 0.717) is 12.0 Å². The van der Waals surface area contributed by atoms with Crippen LogP contribution in [0.5, 0.6) is 0 Å². The maximum Gasteiger partial charge on any atom is 0.271 e. The second-order valence-corrected chi connectivity index (χ2v) is 5.18. The van der Waals surface area contributed by atoms with Crippen LogP contribution in [-0.2, 0) is 4.79 Å². The topological polar surface area (TPSA) is 74.7 Å². The molecule has 0 radical (unpaired) electrons. The molecule has 0 unspecified atom stereocenters. The lowest BCUT2D eigenvalue weighted by atomic mass is 10.2. The van der Waals surface area contributed by atoms with Crippen molar-refractivity contribution in [2.45, 2.75) is 12.8 Å². The van der Waals surface area contributed by atoms with Gasteiger partial charge in [0.05, 0.1) is 6.21 Å². The number of nitrogens with zero attached hydrogens (tertiary/aromatic N) is 3. The molecule has 1 fully saturated rings. The van der Waals surface area contributed by atoms with Gasteiger partial charge in [0.15, 0.2) is 0 Å². The molecular weight excluding hydrogens is 292 g/mol. The molecule has 1 N–H and O–H groups in total. The Morgan fingerprint density at radius 2 is 2.09 bits per heavy atom. The van der Waals surface area contributed by atoms with Crippen molar-refractivity contribution in [1.82, 2.24) is 10.4 Å². The second kappa shape index (κ2) is 6.83. The summed E-state index contributed by atoms with van der Waals surface area (Å²) in [6.45, 7) is 0.736. The molecule has 1 aromatic heterocycles. The molecule has 6 nitrogen and oxygen atoms in total. The van der Waals surface area contributed by atoms with Crippen molar-refractivity contribution >= 4 is 23.7 Å². The number of anilines is 1. The molecule has 116 valence electrons. The summed E-state index contributed by atoms with van der Waals surface area (Å²) in [5.74, 6) is -0.173. The maximum atomic E-state index is 12.0. The van der Waals surface area contributed by atoms with Crippen molar-refractivity contribution in [1.29, 1.82) is 0 Å². The van der Waals surface area contributed by atoms with Crippen LogP contribution in [0, 0.1) is 0 Å². The number of benzene rings is 1. The van der Waals surface area contributed by atoms with Gasteiger partial charge < -0.3 is 4.90 Å². The third kappa shape index (κ3) is 3.60. The number of hydrazone groups is 1. The minimum Gasteiger partial charge on any atom is -0.312 e. The summed E-state index contributed by atoms with van der Waals surface area (Å²) in [5, 5.41) is 3.90. The molecule has 0 atom stereocenters. The molecule has 0 saturated carbocycles. The molecule has 2 heterocycles. The average Bonchev–Trinajstić information content (AvgIpc) is 3.02. The molecule has 2 aromatic rings. The zero-order chi connectivity index (χ0) is 16.1. The van der Waals surface area contributed by atoms with Gasteiger partial charge in [0.1, 0.15) is 0 Å². The van der Waals surface area contributed by atoms with E-state index < -0.39 is 0 Å². The van der Waals surface area contributed by atoms with Crippen LogP contribution in [0.4, 0.5) is 5.69 Å². The summed E-state index contributed by atoms with van der Waals surface area (Å²) in [5.41, 5.74) is 4.58. The Hall–Kier alpha value is -3.02. The molecular formula is C17H16N4O2. The first kappa shape index (κ1) is 14.9. The van der Waals surface area contributed by atoms with Gasteiger partial charge in [-0.2, -0.15) is 5.10 Å². The fourth-order valence-corrected chi connectivity index (χ4v) is 2.40. The molecule has 0 bridgehead atoms. The van der Waals surface area contributed by atoms with Crippen molar-refractivity contribution in [2.24, 2.45) is 5.10 Å². The quantitative estimate of drug-likeness (QED) is 0.693. The summed E-state index contributed by atoms with van der Waals surface area (Å²) in [6, 6.07) is 10.6. The Kier molecular flexibility index (Phi) is 4.42. The Morgan fingerprint density at radius 3 is 2.74 bits per heavy atom. The monoisotopic (exact) mass is 308 g/mol. The van der Waals surface area contributed by atoms with Gasteiger partial charge in [0.25, 0.3) is 5.91 Å². The summed E-state index contributed by atoms with van der Waals surface area (Å²) in [6.07, 6.45) is 6.32. The summed E-state index contributed by atoms with van der Waals surface area (Å²) in [4.78, 5) is 29.4. The number of amides is 2. The van der Waals surface area contributed by atoms with Crippen LogP contribution < -0.4 is 10.3 Å². The summed E-state index contributed by atoms with van der Waals surface area (Å²) in [7, 11) is 0. The first-order valence-corrected chi connectivity index (χ1v) is 7.38. The fourth-order valence-electron chi connectivity index (χ4n) is 2.40. The van der Waals surface area contributed by atoms with Crippen molar-refractivity contribution in [3.05, 3.63) is 59.9 Å². The number of hydrogen-bond acceptors (Lipinski definition) is 4. The van der Waals surface area contributed by atoms with Crippen molar-refractivity contribution in [3.63, 3.8) is 0 Å². The van der Waals surface area contributed by atoms with Crippen LogP contribution in [0.2, 0.25) is 0 Å². The summed E-state index contributed by atoms with van der Waals surface area (Å²) < 4.78 is 0. The minimum atomic E-state index is -0.301. The van der Waals surface area contributed by atoms with Gasteiger partial charge in [-0.1, -0.05) is 6.07 Å². The highest BCUT2D eigenvalue weighted by Crippen LogP contribution is 2.21. The Labute approximate surface area is 133 Å². The zero-order valence-corrected chi connectivity index (χ0v) is 12.5. The van der Waals surface area contributed by atoms with Crippen LogP contribution in [-0.4, -0.2) is 29.6 Å². The lowest BCUT2D eigenvalue weighted by Gasteiger charge is -2.15. The molecule has 1 aliphatic heterocycles. The Morgan fingerprint density at radius 1 is 1.26 bits per heavy atom. The highest BCUT2D eigenvalue weighted by molar-refractivity contribution is 5.97. The number of nitrogens with one attached hydrogen (secondary N) is 1. The smallest absolute Gasteiger partial charge is 0.271 e. The number of carbonyl (C=O) groups is 2. The molecule has 1 aromatic carbocycles. The van der Waals surface area contributed by atoms with E-state index in [9.17, 15) is 9.59 Å². The average molecular weight is 308 g/mol. The SMILES string of the molecule is O=C(NN=Cc1cccnc1)c1ccc(N2CCCC2=O)cc1. The van der Waals surface area contributed by atoms with Crippen LogP contribution >= 0.6 is 0 Å². The molecule has 3 rings (SSSR count). The van der Waals surface area contributed by atoms with Gasteiger partial charge in [-0.3, -0.25) is 14.6 Å². The highest BCUT2D eigenvalue weighted by atomic mass is 16.2. The van der Waals surface area contributed by atoms with Gasteiger partial charge in [0.2, 0.25) is 5.91 Å². The highest BCUT2D eigenvalue weighted by Gasteiger charge is 2.21. The van der Waals surface area contributed by atoms with Crippen molar-refractivity contribution in [3.8, 4) is 0 Å². The van der Waals surface area contributed by atoms with E-state index in [4.69, 9.17) is 0 Å². The zero-order valence-electron chi connectivity index (χ0n) is 12.5. The van der Waals surface area contributed by atoms with Crippen molar-refractivity contribution < 1.29 is 9.59 Å². The van der Waals surface area contributed by atoms with E-state index in [-0.39, 0.29) is 11.8 Å². The normalized spacial score (nSPS) is 14.4. The van der Waals surface area contributed by atoms with Crippen LogP contribution in [0.1, 0.15) is 28.8 Å². The molecule has 2 amide bonds. The van der Waals surface area contributed by atoms with Gasteiger partial charge >= 0.3 is 0 Å². The lowest BCUT2D eigenvalue weighted by Crippen LogP contribution is -2.24. The standard InChI is InChI=1S/C17H16N4O2/c22-16-4-2-10-21(16)15-7-5-14(6-8-15)17(23)20-19-12-13-3-1-9-18-11-13/h1,3,5-9,11-12H,2,4,10H2,(H,20,23). The van der Waals surface area contributed by atoms with Crippen LogP contribution in [0.25, 0.3) is 0 Å². The minimum absolute atomic E-state index is 0.128. The third-order valence-corrected chi connectivity index (χ3v) is 3.58. The van der Waals surface area contributed by atoms with Gasteiger partial charge in [-0.05, 0) is 36.8 Å². The Balaban J connectivity index is 1.61. The molecule has 1 aliphatic rings. The molecule has 23 heavy (non-hydrogen) atoms. The fraction of sp³-hybridized carbons (Fsp3) is 0.176. The van der Waals surface area contributed by atoms with E-state index in [2.05, 4.69) is 15.5 Å². The van der Waals surface area contributed by atoms with Crippen molar-refractivity contribution in [2.75, 3.05) is 11.4 Å². The van der Waals surface area contributed by atoms with Crippen LogP contribution in [0.3, 0.4) is 0 Å². The molecule has 1 saturated heterocycles. The number of carbonyl (C=O) groups excluding carboxylic acids is 2. The molecule has 0 spiro atoms. The van der Waals surface area contributed by atoms with E-state index in [1.165, 1.54) is 6.21 Å². The predicted molar refractivity (Wildman–Crippen MR) is 87.3 cm³/mol. The largest absolute Gasteiger partial charge is 0.312 e. The number of pyridine rings is 1. The van der Waals surface area contributed by atoms with Crippen LogP contribution in [0.15, 0.2) is 53.9 Å². The molecule has 6 heteroatoms. The van der Waals surface area contributed by atoms with Gasteiger partial charge in [-0.25, -0.2) is 5.43 Å².